The number of fused-ring (bicyclic) bond motifs is 2. The maximum atomic E-state index is 9.73. The van der Waals surface area contributed by atoms with Crippen molar-refractivity contribution >= 4 is 28.0 Å². The van der Waals surface area contributed by atoms with Crippen LogP contribution in [0.4, 0.5) is 5.82 Å². The van der Waals surface area contributed by atoms with E-state index in [1.807, 2.05) is 35.1 Å². The molecule has 0 aliphatic heterocycles. The number of aromatic amines is 1. The number of aliphatic hydroxyl groups is 1. The van der Waals surface area contributed by atoms with Crippen LogP contribution in [0.15, 0.2) is 30.5 Å². The van der Waals surface area contributed by atoms with Gasteiger partial charge in [-0.1, -0.05) is 12.1 Å². The highest BCUT2D eigenvalue weighted by atomic mass is 16.3. The van der Waals surface area contributed by atoms with Gasteiger partial charge in [-0.2, -0.15) is 5.10 Å². The van der Waals surface area contributed by atoms with E-state index in [4.69, 9.17) is 10.1 Å². The number of H-pyrrole nitrogens is 1. The van der Waals surface area contributed by atoms with Crippen molar-refractivity contribution in [3.05, 3.63) is 42.0 Å². The fourth-order valence-corrected chi connectivity index (χ4v) is 3.89. The molecule has 3 heterocycles. The van der Waals surface area contributed by atoms with Gasteiger partial charge in [0.25, 0.3) is 0 Å². The van der Waals surface area contributed by atoms with Crippen molar-refractivity contribution in [1.82, 2.24) is 29.7 Å². The van der Waals surface area contributed by atoms with Crippen LogP contribution in [0.25, 0.3) is 22.2 Å². The molecule has 0 atom stereocenters. The molecule has 2 aliphatic rings. The number of nitrogens with one attached hydrogen (secondary N) is 2. The largest absolute Gasteiger partial charge is 0.393 e. The maximum absolute atomic E-state index is 9.73. The molecule has 4 aromatic rings. The molecule has 0 radical (unpaired) electrons. The van der Waals surface area contributed by atoms with E-state index >= 15 is 0 Å². The van der Waals surface area contributed by atoms with Gasteiger partial charge in [0.2, 0.25) is 0 Å². The fourth-order valence-electron chi connectivity index (χ4n) is 3.89. The van der Waals surface area contributed by atoms with Gasteiger partial charge in [0.1, 0.15) is 5.82 Å². The number of imidazole rings is 1. The zero-order chi connectivity index (χ0) is 18.7. The molecule has 28 heavy (non-hydrogen) atoms. The van der Waals surface area contributed by atoms with E-state index in [0.717, 1.165) is 46.6 Å². The first-order chi connectivity index (χ1) is 13.7. The van der Waals surface area contributed by atoms with E-state index in [-0.39, 0.29) is 12.1 Å². The summed E-state index contributed by atoms with van der Waals surface area (Å²) in [5, 5.41) is 17.9. The number of hydrogen-bond acceptors (Lipinski definition) is 6. The lowest BCUT2D eigenvalue weighted by Crippen LogP contribution is -2.31. The summed E-state index contributed by atoms with van der Waals surface area (Å²) >= 11 is 0. The summed E-state index contributed by atoms with van der Waals surface area (Å²) in [4.78, 5) is 17.5. The maximum Gasteiger partial charge on any atom is 0.179 e. The molecule has 0 spiro atoms. The number of hydrogen-bond donors (Lipinski definition) is 3. The Labute approximate surface area is 161 Å². The number of aliphatic hydroxyl groups excluding tert-OH is 1. The smallest absolute Gasteiger partial charge is 0.179 e. The van der Waals surface area contributed by atoms with Crippen LogP contribution in [0.1, 0.15) is 49.2 Å². The Bertz CT molecular complexity index is 1140. The number of para-hydroxylation sites is 2. The highest BCUT2D eigenvalue weighted by Gasteiger charge is 2.33. The van der Waals surface area contributed by atoms with Gasteiger partial charge in [-0.25, -0.2) is 19.6 Å². The number of rotatable bonds is 5. The quantitative estimate of drug-likeness (QED) is 0.495. The second-order valence-corrected chi connectivity index (χ2v) is 7.87. The average Bonchev–Trinajstić information content (AvgIpc) is 3.36. The predicted octanol–water partition coefficient (Wildman–Crippen LogP) is 2.89. The molecule has 3 N–H and O–H groups in total. The van der Waals surface area contributed by atoms with E-state index in [9.17, 15) is 5.11 Å². The molecular weight excluding hydrogens is 354 g/mol. The van der Waals surface area contributed by atoms with Crippen LogP contribution in [-0.2, 0) is 6.54 Å². The third kappa shape index (κ3) is 2.63. The lowest BCUT2D eigenvalue weighted by atomic mass is 9.90. The van der Waals surface area contributed by atoms with Crippen molar-refractivity contribution in [1.29, 1.82) is 0 Å². The second-order valence-electron chi connectivity index (χ2n) is 7.87. The monoisotopic (exact) mass is 375 g/mol. The zero-order valence-electron chi connectivity index (χ0n) is 15.3. The summed E-state index contributed by atoms with van der Waals surface area (Å²) < 4.78 is 1.95. The molecule has 0 amide bonds. The van der Waals surface area contributed by atoms with Gasteiger partial charge >= 0.3 is 0 Å². The summed E-state index contributed by atoms with van der Waals surface area (Å²) in [6.45, 7) is 0.528. The Morgan fingerprint density at radius 1 is 1.18 bits per heavy atom. The van der Waals surface area contributed by atoms with Gasteiger partial charge in [-0.3, -0.25) is 0 Å². The topological polar surface area (TPSA) is 105 Å². The van der Waals surface area contributed by atoms with Gasteiger partial charge in [-0.05, 0) is 37.8 Å². The van der Waals surface area contributed by atoms with Gasteiger partial charge in [0.05, 0.1) is 35.4 Å². The van der Waals surface area contributed by atoms with Gasteiger partial charge < -0.3 is 15.4 Å². The molecule has 0 saturated heterocycles. The first kappa shape index (κ1) is 16.0. The van der Waals surface area contributed by atoms with Crippen LogP contribution in [0.3, 0.4) is 0 Å². The Morgan fingerprint density at radius 3 is 2.82 bits per heavy atom. The molecule has 8 heteroatoms. The summed E-state index contributed by atoms with van der Waals surface area (Å²) in [6.07, 6.45) is 5.45. The van der Waals surface area contributed by atoms with Crippen LogP contribution >= 0.6 is 0 Å². The average molecular weight is 375 g/mol. The van der Waals surface area contributed by atoms with E-state index in [1.54, 1.807) is 0 Å². The lowest BCUT2D eigenvalue weighted by Gasteiger charge is -2.31. The normalized spacial score (nSPS) is 21.9. The number of nitrogens with zero attached hydrogens (tertiary/aromatic N) is 5. The summed E-state index contributed by atoms with van der Waals surface area (Å²) in [6, 6.07) is 8.17. The van der Waals surface area contributed by atoms with Crippen LogP contribution in [0.2, 0.25) is 0 Å². The summed E-state index contributed by atoms with van der Waals surface area (Å²) in [7, 11) is 0. The molecule has 3 aromatic heterocycles. The van der Waals surface area contributed by atoms with Crippen molar-refractivity contribution in [2.45, 2.75) is 50.3 Å². The summed E-state index contributed by atoms with van der Waals surface area (Å²) in [5.41, 5.74) is 4.62. The molecule has 142 valence electrons. The van der Waals surface area contributed by atoms with Crippen molar-refractivity contribution in [2.75, 3.05) is 5.32 Å². The van der Waals surface area contributed by atoms with Crippen molar-refractivity contribution < 1.29 is 5.11 Å². The van der Waals surface area contributed by atoms with Crippen molar-refractivity contribution in [2.24, 2.45) is 0 Å². The lowest BCUT2D eigenvalue weighted by molar-refractivity contribution is 0.0452. The molecule has 0 bridgehead atoms. The van der Waals surface area contributed by atoms with E-state index < -0.39 is 0 Å². The Balaban J connectivity index is 1.33. The highest BCUT2D eigenvalue weighted by Crippen LogP contribution is 2.40. The molecule has 0 unspecified atom stereocenters. The molecule has 1 aromatic carbocycles. The van der Waals surface area contributed by atoms with Crippen LogP contribution in [0, 0.1) is 0 Å². The number of aromatic nitrogens is 6. The molecular formula is C20H21N7O. The molecule has 2 saturated carbocycles. The predicted molar refractivity (Wildman–Crippen MR) is 105 cm³/mol. The van der Waals surface area contributed by atoms with Gasteiger partial charge in [-0.15, -0.1) is 0 Å². The van der Waals surface area contributed by atoms with E-state index in [2.05, 4.69) is 20.3 Å². The van der Waals surface area contributed by atoms with Crippen LogP contribution < -0.4 is 5.32 Å². The molecule has 8 nitrogen and oxygen atoms in total. The molecule has 6 rings (SSSR count). The van der Waals surface area contributed by atoms with Gasteiger partial charge in [0.15, 0.2) is 17.0 Å². The number of anilines is 1. The Kier molecular flexibility index (Phi) is 3.43. The minimum atomic E-state index is -0.240. The van der Waals surface area contributed by atoms with E-state index in [0.29, 0.717) is 18.3 Å². The standard InChI is InChI=1S/C20H21N7O/c28-13-7-12(8-13)27-20-18(21-9-16(25-20)11-5-6-11)19(26-27)22-10-17-23-14-3-1-2-4-15(14)24-17/h1-4,9,11-13,28H,5-8,10H2,(H,22,26)(H,23,24)/t12-,13+. The SMILES string of the molecule is O[C@H]1C[C@@H](n2nc(NCc3nc4ccccc4[nH]3)c3ncc(C4CC4)nc32)C1. The van der Waals surface area contributed by atoms with Crippen molar-refractivity contribution in [3.8, 4) is 0 Å². The molecule has 2 fully saturated rings. The Hall–Kier alpha value is -3.00. The van der Waals surface area contributed by atoms with Gasteiger partial charge in [0, 0.05) is 12.1 Å². The third-order valence-electron chi connectivity index (χ3n) is 5.71. The first-order valence-electron chi connectivity index (χ1n) is 9.85. The first-order valence-corrected chi connectivity index (χ1v) is 9.85. The minimum Gasteiger partial charge on any atom is -0.393 e. The Morgan fingerprint density at radius 2 is 2.04 bits per heavy atom. The zero-order valence-corrected chi connectivity index (χ0v) is 15.3. The second kappa shape index (κ2) is 6.00. The summed E-state index contributed by atoms with van der Waals surface area (Å²) in [5.74, 6) is 2.11. The van der Waals surface area contributed by atoms with E-state index in [1.165, 1.54) is 12.8 Å². The third-order valence-corrected chi connectivity index (χ3v) is 5.71. The highest BCUT2D eigenvalue weighted by molar-refractivity contribution is 5.83. The van der Waals surface area contributed by atoms with Crippen molar-refractivity contribution in [3.63, 3.8) is 0 Å². The van der Waals surface area contributed by atoms with Crippen LogP contribution in [-0.4, -0.2) is 40.9 Å². The minimum absolute atomic E-state index is 0.183. The fraction of sp³-hybridized carbons (Fsp3) is 0.400. The van der Waals surface area contributed by atoms with Crippen LogP contribution in [0.5, 0.6) is 0 Å². The molecule has 2 aliphatic carbocycles. The number of benzene rings is 1.